The monoisotopic (exact) mass is 441 g/mol. The summed E-state index contributed by atoms with van der Waals surface area (Å²) >= 11 is 0. The van der Waals surface area contributed by atoms with Gasteiger partial charge < -0.3 is 10.6 Å². The fourth-order valence-corrected chi connectivity index (χ4v) is 3.72. The van der Waals surface area contributed by atoms with Crippen molar-refractivity contribution >= 4 is 40.6 Å². The molecule has 0 bridgehead atoms. The molecule has 3 amide bonds. The number of aromatic nitrogens is 4. The zero-order valence-corrected chi connectivity index (χ0v) is 17.9. The lowest BCUT2D eigenvalue weighted by atomic mass is 10.1. The van der Waals surface area contributed by atoms with E-state index in [1.54, 1.807) is 48.5 Å². The summed E-state index contributed by atoms with van der Waals surface area (Å²) in [6.45, 7) is 3.64. The normalized spacial score (nSPS) is 12.9. The van der Waals surface area contributed by atoms with E-state index in [-0.39, 0.29) is 24.2 Å². The van der Waals surface area contributed by atoms with E-state index < -0.39 is 5.91 Å². The van der Waals surface area contributed by atoms with Gasteiger partial charge in [0.2, 0.25) is 11.7 Å². The van der Waals surface area contributed by atoms with Crippen molar-refractivity contribution in [3.63, 3.8) is 0 Å². The molecule has 3 heterocycles. The molecule has 0 radical (unpaired) electrons. The smallest absolute Gasteiger partial charge is 0.295 e. The van der Waals surface area contributed by atoms with E-state index in [1.807, 2.05) is 19.9 Å². The van der Waals surface area contributed by atoms with Gasteiger partial charge in [0.05, 0.1) is 11.4 Å². The Morgan fingerprint density at radius 1 is 1.03 bits per heavy atom. The van der Waals surface area contributed by atoms with Crippen LogP contribution in [0.4, 0.5) is 17.1 Å². The molecule has 10 heteroatoms. The molecule has 33 heavy (non-hydrogen) atoms. The van der Waals surface area contributed by atoms with E-state index in [9.17, 15) is 14.4 Å². The Labute approximate surface area is 188 Å². The molecule has 0 aliphatic carbocycles. The van der Waals surface area contributed by atoms with Crippen molar-refractivity contribution in [2.45, 2.75) is 13.8 Å². The molecule has 0 saturated heterocycles. The van der Waals surface area contributed by atoms with Gasteiger partial charge in [0, 0.05) is 22.6 Å². The van der Waals surface area contributed by atoms with Crippen LogP contribution < -0.4 is 15.5 Å². The topological polar surface area (TPSA) is 122 Å². The number of nitrogens with zero attached hydrogens (tertiary/aromatic N) is 5. The summed E-state index contributed by atoms with van der Waals surface area (Å²) < 4.78 is 1.51. The Bertz CT molecular complexity index is 1430. The van der Waals surface area contributed by atoms with Gasteiger partial charge in [0.1, 0.15) is 6.54 Å². The van der Waals surface area contributed by atoms with Crippen molar-refractivity contribution < 1.29 is 14.4 Å². The first-order chi connectivity index (χ1) is 15.9. The molecule has 2 aromatic heterocycles. The van der Waals surface area contributed by atoms with E-state index in [0.29, 0.717) is 28.4 Å². The van der Waals surface area contributed by atoms with Gasteiger partial charge in [0.25, 0.3) is 17.6 Å². The van der Waals surface area contributed by atoms with Crippen LogP contribution in [0.5, 0.6) is 0 Å². The maximum absolute atomic E-state index is 13.1. The summed E-state index contributed by atoms with van der Waals surface area (Å²) in [7, 11) is 0. The largest absolute Gasteiger partial charge is 0.323 e. The van der Waals surface area contributed by atoms with Crippen molar-refractivity contribution in [1.29, 1.82) is 0 Å². The van der Waals surface area contributed by atoms with E-state index >= 15 is 0 Å². The quantitative estimate of drug-likeness (QED) is 0.504. The zero-order chi connectivity index (χ0) is 23.1. The molecule has 2 N–H and O–H groups in total. The van der Waals surface area contributed by atoms with Crippen molar-refractivity contribution in [1.82, 2.24) is 19.6 Å². The first-order valence-electron chi connectivity index (χ1n) is 10.2. The van der Waals surface area contributed by atoms with Gasteiger partial charge in [-0.2, -0.15) is 4.98 Å². The van der Waals surface area contributed by atoms with Crippen molar-refractivity contribution in [3.8, 4) is 0 Å². The van der Waals surface area contributed by atoms with Gasteiger partial charge in [-0.15, -0.1) is 5.10 Å². The second-order valence-corrected chi connectivity index (χ2v) is 7.67. The van der Waals surface area contributed by atoms with Crippen LogP contribution in [0.3, 0.4) is 0 Å². The summed E-state index contributed by atoms with van der Waals surface area (Å²) in [5, 5.41) is 9.70. The standard InChI is InChI=1S/C23H19N7O3/c1-13-11-14(2)30-23(24-13)27-20(28-30)21(32)25-16-9-7-15(8-10-16)22(33)29-12-19(31)26-17-5-3-4-6-18(17)29/h3-11H,12H2,1-2H3,(H,25,32)(H,26,31). The number of hydrogen-bond donors (Lipinski definition) is 2. The van der Waals surface area contributed by atoms with Crippen LogP contribution in [0.15, 0.2) is 54.6 Å². The predicted molar refractivity (Wildman–Crippen MR) is 121 cm³/mol. The van der Waals surface area contributed by atoms with E-state index in [4.69, 9.17) is 0 Å². The number of carbonyl (C=O) groups is 3. The summed E-state index contributed by atoms with van der Waals surface area (Å²) in [5.41, 5.74) is 3.70. The van der Waals surface area contributed by atoms with Crippen molar-refractivity contribution in [2.75, 3.05) is 22.1 Å². The highest BCUT2D eigenvalue weighted by molar-refractivity contribution is 6.15. The molecular formula is C23H19N7O3. The number of amides is 3. The zero-order valence-electron chi connectivity index (χ0n) is 17.9. The Kier molecular flexibility index (Phi) is 4.82. The Morgan fingerprint density at radius 3 is 2.58 bits per heavy atom. The van der Waals surface area contributed by atoms with Crippen molar-refractivity contribution in [2.24, 2.45) is 0 Å². The second kappa shape index (κ2) is 7.83. The lowest BCUT2D eigenvalue weighted by Crippen LogP contribution is -2.42. The molecule has 0 unspecified atom stereocenters. The van der Waals surface area contributed by atoms with Crippen LogP contribution in [0.25, 0.3) is 5.78 Å². The van der Waals surface area contributed by atoms with Crippen LogP contribution in [-0.2, 0) is 4.79 Å². The molecular weight excluding hydrogens is 422 g/mol. The fourth-order valence-electron chi connectivity index (χ4n) is 3.72. The average Bonchev–Trinajstić information content (AvgIpc) is 3.23. The van der Waals surface area contributed by atoms with Gasteiger partial charge in [-0.05, 0) is 56.3 Å². The summed E-state index contributed by atoms with van der Waals surface area (Å²) in [6.07, 6.45) is 0. The third-order valence-corrected chi connectivity index (χ3v) is 5.23. The summed E-state index contributed by atoms with van der Waals surface area (Å²) in [6, 6.07) is 15.4. The number of fused-ring (bicyclic) bond motifs is 2. The first-order valence-corrected chi connectivity index (χ1v) is 10.2. The number of hydrogen-bond acceptors (Lipinski definition) is 6. The number of anilines is 3. The second-order valence-electron chi connectivity index (χ2n) is 7.67. The number of nitrogens with one attached hydrogen (secondary N) is 2. The minimum absolute atomic E-state index is 0.00714. The molecule has 0 fully saturated rings. The lowest BCUT2D eigenvalue weighted by Gasteiger charge is -2.29. The molecule has 164 valence electrons. The van der Waals surface area contributed by atoms with Crippen LogP contribution in [0, 0.1) is 13.8 Å². The molecule has 1 aliphatic rings. The number of para-hydroxylation sites is 2. The van der Waals surface area contributed by atoms with E-state index in [1.165, 1.54) is 9.42 Å². The number of rotatable bonds is 3. The summed E-state index contributed by atoms with van der Waals surface area (Å²) in [5.74, 6) is -0.713. The molecule has 1 aliphatic heterocycles. The maximum atomic E-state index is 13.1. The number of carbonyl (C=O) groups excluding carboxylic acids is 3. The van der Waals surface area contributed by atoms with Gasteiger partial charge in [-0.25, -0.2) is 9.50 Å². The number of aryl methyl sites for hydroxylation is 2. The molecule has 0 saturated carbocycles. The van der Waals surface area contributed by atoms with Crippen LogP contribution in [-0.4, -0.2) is 43.8 Å². The van der Waals surface area contributed by atoms with Gasteiger partial charge >= 0.3 is 0 Å². The van der Waals surface area contributed by atoms with Crippen molar-refractivity contribution in [3.05, 3.63) is 77.4 Å². The molecule has 5 rings (SSSR count). The van der Waals surface area contributed by atoms with Crippen LogP contribution in [0.1, 0.15) is 32.4 Å². The first kappa shape index (κ1) is 20.3. The Morgan fingerprint density at radius 2 is 1.79 bits per heavy atom. The third kappa shape index (κ3) is 3.78. The molecule has 0 atom stereocenters. The minimum atomic E-state index is -0.488. The SMILES string of the molecule is Cc1cc(C)n2nc(C(=O)Nc3ccc(C(=O)N4CC(=O)Nc5ccccc54)cc3)nc2n1. The molecule has 0 spiro atoms. The highest BCUT2D eigenvalue weighted by Gasteiger charge is 2.27. The average molecular weight is 441 g/mol. The molecule has 2 aromatic carbocycles. The Hall–Kier alpha value is -4.60. The molecule has 4 aromatic rings. The van der Waals surface area contributed by atoms with E-state index in [2.05, 4.69) is 25.7 Å². The summed E-state index contributed by atoms with van der Waals surface area (Å²) in [4.78, 5) is 47.6. The third-order valence-electron chi connectivity index (χ3n) is 5.23. The fraction of sp³-hybridized carbons (Fsp3) is 0.130. The maximum Gasteiger partial charge on any atom is 0.295 e. The number of benzene rings is 2. The van der Waals surface area contributed by atoms with Gasteiger partial charge in [-0.3, -0.25) is 19.3 Å². The lowest BCUT2D eigenvalue weighted by molar-refractivity contribution is -0.115. The predicted octanol–water partition coefficient (Wildman–Crippen LogP) is 2.59. The van der Waals surface area contributed by atoms with E-state index in [0.717, 1.165) is 11.4 Å². The minimum Gasteiger partial charge on any atom is -0.323 e. The highest BCUT2D eigenvalue weighted by atomic mass is 16.2. The van der Waals surface area contributed by atoms with Crippen LogP contribution in [0.2, 0.25) is 0 Å². The highest BCUT2D eigenvalue weighted by Crippen LogP contribution is 2.30. The van der Waals surface area contributed by atoms with Crippen LogP contribution >= 0.6 is 0 Å². The molecule has 10 nitrogen and oxygen atoms in total. The van der Waals surface area contributed by atoms with Gasteiger partial charge in [0.15, 0.2) is 0 Å². The van der Waals surface area contributed by atoms with Gasteiger partial charge in [-0.1, -0.05) is 12.1 Å². The Balaban J connectivity index is 1.34.